The van der Waals surface area contributed by atoms with Gasteiger partial charge in [-0.3, -0.25) is 0 Å². The Balaban J connectivity index is 2.28. The average Bonchev–Trinajstić information content (AvgIpc) is 2.13. The number of hydrogen-bond acceptors (Lipinski definition) is 4. The molecule has 0 bridgehead atoms. The summed E-state index contributed by atoms with van der Waals surface area (Å²) in [6.45, 7) is 0.302. The molecule has 1 N–H and O–H groups in total. The van der Waals surface area contributed by atoms with Crippen LogP contribution in [0.2, 0.25) is 0 Å². The van der Waals surface area contributed by atoms with Gasteiger partial charge in [0.1, 0.15) is 5.75 Å². The highest BCUT2D eigenvalue weighted by Gasteiger charge is 1.96. The number of aliphatic hydroxyl groups is 1. The molecule has 70 valence electrons. The lowest BCUT2D eigenvalue weighted by Crippen LogP contribution is -2.10. The quantitative estimate of drug-likeness (QED) is 0.414. The number of thiol groups is 1. The SMILES string of the molecule is OCCOBOc1cccc(S)c1. The van der Waals surface area contributed by atoms with Crippen LogP contribution < -0.4 is 4.65 Å². The maximum Gasteiger partial charge on any atom is 0.506 e. The van der Waals surface area contributed by atoms with Crippen molar-refractivity contribution in [3.8, 4) is 5.75 Å². The summed E-state index contributed by atoms with van der Waals surface area (Å²) in [5, 5.41) is 8.41. The van der Waals surface area contributed by atoms with Gasteiger partial charge in [-0.25, -0.2) is 0 Å². The second-order valence-electron chi connectivity index (χ2n) is 2.39. The fourth-order valence-corrected chi connectivity index (χ4v) is 1.02. The highest BCUT2D eigenvalue weighted by molar-refractivity contribution is 7.80. The van der Waals surface area contributed by atoms with E-state index in [2.05, 4.69) is 12.6 Å². The Hall–Kier alpha value is -0.645. The van der Waals surface area contributed by atoms with Crippen LogP contribution in [0.5, 0.6) is 5.75 Å². The topological polar surface area (TPSA) is 38.7 Å². The van der Waals surface area contributed by atoms with Crippen LogP contribution in [0.3, 0.4) is 0 Å². The van der Waals surface area contributed by atoms with E-state index in [4.69, 9.17) is 14.4 Å². The van der Waals surface area contributed by atoms with Gasteiger partial charge in [0.15, 0.2) is 0 Å². The van der Waals surface area contributed by atoms with E-state index in [9.17, 15) is 0 Å². The first kappa shape index (κ1) is 10.4. The third kappa shape index (κ3) is 4.21. The maximum atomic E-state index is 8.41. The molecule has 0 saturated heterocycles. The molecule has 3 nitrogen and oxygen atoms in total. The van der Waals surface area contributed by atoms with Crippen molar-refractivity contribution in [2.24, 2.45) is 0 Å². The summed E-state index contributed by atoms with van der Waals surface area (Å²) in [7, 11) is 0.151. The van der Waals surface area contributed by atoms with Crippen LogP contribution in [0.25, 0.3) is 0 Å². The third-order valence-corrected chi connectivity index (χ3v) is 1.64. The standard InChI is InChI=1S/C8H11BO3S/c10-4-5-11-9-12-7-2-1-3-8(13)6-7/h1-3,6,9-10,13H,4-5H2. The van der Waals surface area contributed by atoms with Gasteiger partial charge >= 0.3 is 7.69 Å². The lowest BCUT2D eigenvalue weighted by molar-refractivity contribution is 0.192. The van der Waals surface area contributed by atoms with Gasteiger partial charge in [0.05, 0.1) is 13.2 Å². The molecule has 1 aromatic carbocycles. The van der Waals surface area contributed by atoms with E-state index < -0.39 is 0 Å². The first-order chi connectivity index (χ1) is 6.33. The van der Waals surface area contributed by atoms with Crippen LogP contribution in [0, 0.1) is 0 Å². The molecule has 0 unspecified atom stereocenters. The predicted molar refractivity (Wildman–Crippen MR) is 54.5 cm³/mol. The summed E-state index contributed by atoms with van der Waals surface area (Å²) in [5.41, 5.74) is 0. The monoisotopic (exact) mass is 198 g/mol. The molecule has 0 aliphatic heterocycles. The first-order valence-electron chi connectivity index (χ1n) is 3.93. The van der Waals surface area contributed by atoms with Gasteiger partial charge in [0, 0.05) is 4.90 Å². The largest absolute Gasteiger partial charge is 0.539 e. The van der Waals surface area contributed by atoms with Crippen LogP contribution in [-0.4, -0.2) is 26.0 Å². The normalized spacial score (nSPS) is 9.69. The molecular weight excluding hydrogens is 187 g/mol. The van der Waals surface area contributed by atoms with Crippen LogP contribution in [0.1, 0.15) is 0 Å². The van der Waals surface area contributed by atoms with Crippen molar-refractivity contribution in [3.63, 3.8) is 0 Å². The molecule has 0 aliphatic carbocycles. The third-order valence-electron chi connectivity index (χ3n) is 1.36. The molecule has 0 radical (unpaired) electrons. The van der Waals surface area contributed by atoms with Crippen LogP contribution in [0.15, 0.2) is 29.2 Å². The number of hydrogen-bond donors (Lipinski definition) is 2. The van der Waals surface area contributed by atoms with Crippen LogP contribution >= 0.6 is 12.6 Å². The molecule has 5 heteroatoms. The molecule has 0 saturated carbocycles. The summed E-state index contributed by atoms with van der Waals surface area (Å²) in [4.78, 5) is 0.847. The molecule has 0 atom stereocenters. The van der Waals surface area contributed by atoms with E-state index in [-0.39, 0.29) is 14.3 Å². The Kier molecular flexibility index (Phi) is 4.74. The van der Waals surface area contributed by atoms with E-state index in [1.807, 2.05) is 18.2 Å². The summed E-state index contributed by atoms with van der Waals surface area (Å²) in [6.07, 6.45) is 0. The van der Waals surface area contributed by atoms with Gasteiger partial charge in [0.2, 0.25) is 0 Å². The second kappa shape index (κ2) is 5.91. The summed E-state index contributed by atoms with van der Waals surface area (Å²) in [6, 6.07) is 7.34. The minimum Gasteiger partial charge on any atom is -0.539 e. The van der Waals surface area contributed by atoms with E-state index in [1.54, 1.807) is 6.07 Å². The number of benzene rings is 1. The lowest BCUT2D eigenvalue weighted by atomic mass is 10.3. The van der Waals surface area contributed by atoms with Crippen molar-refractivity contribution in [2.75, 3.05) is 13.2 Å². The van der Waals surface area contributed by atoms with Crippen molar-refractivity contribution in [1.82, 2.24) is 0 Å². The molecule has 0 aromatic heterocycles. The van der Waals surface area contributed by atoms with Gasteiger partial charge in [-0.2, -0.15) is 0 Å². The zero-order valence-corrected chi connectivity index (χ0v) is 8.04. The Morgan fingerprint density at radius 3 is 3.00 bits per heavy atom. The highest BCUT2D eigenvalue weighted by atomic mass is 32.1. The lowest BCUT2D eigenvalue weighted by Gasteiger charge is -2.04. The second-order valence-corrected chi connectivity index (χ2v) is 2.91. The Labute approximate surface area is 83.4 Å². The van der Waals surface area contributed by atoms with E-state index >= 15 is 0 Å². The Morgan fingerprint density at radius 1 is 1.46 bits per heavy atom. The highest BCUT2D eigenvalue weighted by Crippen LogP contribution is 2.14. The van der Waals surface area contributed by atoms with Gasteiger partial charge in [0.25, 0.3) is 0 Å². The molecule has 0 heterocycles. The maximum absolute atomic E-state index is 8.41. The minimum absolute atomic E-state index is 0.00989. The first-order valence-corrected chi connectivity index (χ1v) is 4.38. The minimum atomic E-state index is 0.00989. The summed E-state index contributed by atoms with van der Waals surface area (Å²) >= 11 is 4.16. The smallest absolute Gasteiger partial charge is 0.506 e. The molecule has 0 amide bonds. The van der Waals surface area contributed by atoms with Crippen molar-refractivity contribution in [1.29, 1.82) is 0 Å². The molecular formula is C8H11BO3S. The molecule has 1 aromatic rings. The molecule has 0 fully saturated rings. The van der Waals surface area contributed by atoms with Gasteiger partial charge in [-0.15, -0.1) is 12.6 Å². The van der Waals surface area contributed by atoms with Crippen LogP contribution in [0.4, 0.5) is 0 Å². The van der Waals surface area contributed by atoms with Crippen LogP contribution in [-0.2, 0) is 4.65 Å². The van der Waals surface area contributed by atoms with Gasteiger partial charge in [-0.05, 0) is 18.2 Å². The number of rotatable bonds is 5. The molecule has 1 rings (SSSR count). The van der Waals surface area contributed by atoms with E-state index in [0.29, 0.717) is 12.4 Å². The van der Waals surface area contributed by atoms with Gasteiger partial charge < -0.3 is 14.4 Å². The van der Waals surface area contributed by atoms with Crippen molar-refractivity contribution < 1.29 is 14.4 Å². The Bertz CT molecular complexity index is 257. The summed E-state index contributed by atoms with van der Waals surface area (Å²) in [5.74, 6) is 0.713. The fraction of sp³-hybridized carbons (Fsp3) is 0.250. The van der Waals surface area contributed by atoms with Crippen molar-refractivity contribution in [3.05, 3.63) is 24.3 Å². The zero-order valence-electron chi connectivity index (χ0n) is 7.14. The van der Waals surface area contributed by atoms with E-state index in [1.165, 1.54) is 0 Å². The molecule has 0 aliphatic rings. The zero-order chi connectivity index (χ0) is 9.52. The number of aliphatic hydroxyl groups excluding tert-OH is 1. The fourth-order valence-electron chi connectivity index (χ4n) is 0.806. The average molecular weight is 198 g/mol. The molecule has 13 heavy (non-hydrogen) atoms. The predicted octanol–water partition coefficient (Wildman–Crippen LogP) is 0.629. The summed E-state index contributed by atoms with van der Waals surface area (Å²) < 4.78 is 10.1. The van der Waals surface area contributed by atoms with Crippen molar-refractivity contribution in [2.45, 2.75) is 4.90 Å². The van der Waals surface area contributed by atoms with Crippen molar-refractivity contribution >= 4 is 20.3 Å². The Morgan fingerprint density at radius 2 is 2.31 bits per heavy atom. The molecule has 0 spiro atoms. The van der Waals surface area contributed by atoms with E-state index in [0.717, 1.165) is 4.90 Å². The van der Waals surface area contributed by atoms with Gasteiger partial charge in [-0.1, -0.05) is 6.07 Å².